The van der Waals surface area contributed by atoms with Crippen LogP contribution in [0.25, 0.3) is 0 Å². The first-order chi connectivity index (χ1) is 13.4. The van der Waals surface area contributed by atoms with Gasteiger partial charge in [-0.05, 0) is 19.1 Å². The Morgan fingerprint density at radius 1 is 0.821 bits per heavy atom. The highest BCUT2D eigenvalue weighted by molar-refractivity contribution is 7.92. The van der Waals surface area contributed by atoms with Crippen molar-refractivity contribution >= 4 is 33.3 Å². The monoisotopic (exact) mass is 409 g/mol. The van der Waals surface area contributed by atoms with Crippen molar-refractivity contribution in [1.29, 1.82) is 0 Å². The second kappa shape index (κ2) is 7.16. The highest BCUT2D eigenvalue weighted by Gasteiger charge is 2.48. The van der Waals surface area contributed by atoms with Crippen molar-refractivity contribution < 1.29 is 13.0 Å². The average molecular weight is 409 g/mol. The van der Waals surface area contributed by atoms with Crippen molar-refractivity contribution in [2.24, 2.45) is 4.99 Å². The van der Waals surface area contributed by atoms with Gasteiger partial charge in [0.1, 0.15) is 5.78 Å². The van der Waals surface area contributed by atoms with Crippen LogP contribution < -0.4 is 10.6 Å². The normalized spacial score (nSPS) is 16.5. The minimum Gasteiger partial charge on any atom is -0.311 e. The van der Waals surface area contributed by atoms with E-state index in [1.165, 1.54) is 0 Å². The molecule has 0 N–H and O–H groups in total. The molecule has 0 spiro atoms. The predicted octanol–water partition coefficient (Wildman–Crippen LogP) is 3.56. The van der Waals surface area contributed by atoms with Crippen molar-refractivity contribution in [3.05, 3.63) is 90.5 Å². The number of aliphatic imine (C=N–C) groups is 1. The molecule has 0 unspecified atom stereocenters. The van der Waals surface area contributed by atoms with Gasteiger partial charge in [-0.3, -0.25) is 4.99 Å². The Morgan fingerprint density at radius 3 is 1.82 bits per heavy atom. The zero-order chi connectivity index (χ0) is 19.8. The lowest BCUT2D eigenvalue weighted by Crippen LogP contribution is -2.24. The molecular formula is C22H20NO3PS. The molecule has 0 aromatic heterocycles. The molecule has 1 heterocycles. The summed E-state index contributed by atoms with van der Waals surface area (Å²) in [7, 11) is -6.62. The van der Waals surface area contributed by atoms with Crippen molar-refractivity contribution in [3.8, 4) is 0 Å². The zero-order valence-electron chi connectivity index (χ0n) is 15.4. The summed E-state index contributed by atoms with van der Waals surface area (Å²) in [6.07, 6.45) is 0. The SMILES string of the molecule is Cc1ccc(S(=O)(=O)CC2=N[C@@H]2P(=O)(c2ccccc2)c2ccccc2)cc1. The van der Waals surface area contributed by atoms with E-state index in [1.54, 1.807) is 24.3 Å². The minimum absolute atomic E-state index is 0.204. The van der Waals surface area contributed by atoms with Gasteiger partial charge in [-0.25, -0.2) is 8.42 Å². The van der Waals surface area contributed by atoms with Crippen LogP contribution in [0.15, 0.2) is 94.8 Å². The van der Waals surface area contributed by atoms with Crippen LogP contribution in [0.2, 0.25) is 0 Å². The van der Waals surface area contributed by atoms with Gasteiger partial charge in [0.25, 0.3) is 0 Å². The van der Waals surface area contributed by atoms with Crippen LogP contribution in [0.1, 0.15) is 5.56 Å². The van der Waals surface area contributed by atoms with Crippen LogP contribution >= 0.6 is 7.14 Å². The van der Waals surface area contributed by atoms with E-state index in [0.29, 0.717) is 16.3 Å². The number of benzene rings is 3. The van der Waals surface area contributed by atoms with E-state index in [4.69, 9.17) is 0 Å². The number of rotatable bonds is 6. The van der Waals surface area contributed by atoms with Crippen LogP contribution in [0.3, 0.4) is 0 Å². The Kier molecular flexibility index (Phi) is 4.82. The lowest BCUT2D eigenvalue weighted by atomic mass is 10.2. The Hall–Kier alpha value is -2.49. The van der Waals surface area contributed by atoms with Crippen LogP contribution in [0.5, 0.6) is 0 Å². The zero-order valence-corrected chi connectivity index (χ0v) is 17.1. The molecule has 6 heteroatoms. The molecule has 3 aromatic rings. The summed E-state index contributed by atoms with van der Waals surface area (Å²) in [6, 6.07) is 25.2. The highest BCUT2D eigenvalue weighted by atomic mass is 32.2. The summed E-state index contributed by atoms with van der Waals surface area (Å²) in [5.74, 6) is -0.790. The van der Waals surface area contributed by atoms with Gasteiger partial charge in [-0.2, -0.15) is 0 Å². The van der Waals surface area contributed by atoms with Gasteiger partial charge in [0.15, 0.2) is 17.0 Å². The molecule has 0 amide bonds. The molecule has 1 atom stereocenters. The third-order valence-corrected chi connectivity index (χ3v) is 9.76. The van der Waals surface area contributed by atoms with Gasteiger partial charge in [-0.1, -0.05) is 78.4 Å². The predicted molar refractivity (Wildman–Crippen MR) is 114 cm³/mol. The van der Waals surface area contributed by atoms with Crippen LogP contribution in [0, 0.1) is 6.92 Å². The number of aryl methyl sites for hydroxylation is 1. The van der Waals surface area contributed by atoms with Crippen LogP contribution in [-0.4, -0.2) is 25.7 Å². The summed E-state index contributed by atoms with van der Waals surface area (Å²) in [6.45, 7) is 1.91. The summed E-state index contributed by atoms with van der Waals surface area (Å²) in [5, 5.41) is 1.38. The fourth-order valence-electron chi connectivity index (χ4n) is 3.28. The molecule has 142 valence electrons. The molecule has 3 aromatic carbocycles. The Balaban J connectivity index is 1.65. The Labute approximate surface area is 165 Å². The maximum absolute atomic E-state index is 14.1. The smallest absolute Gasteiger partial charge is 0.183 e. The number of nitrogens with zero attached hydrogens (tertiary/aromatic N) is 1. The third kappa shape index (κ3) is 3.48. The molecule has 0 fully saturated rings. The largest absolute Gasteiger partial charge is 0.311 e. The molecule has 28 heavy (non-hydrogen) atoms. The molecule has 0 saturated heterocycles. The quantitative estimate of drug-likeness (QED) is 0.585. The van der Waals surface area contributed by atoms with Crippen LogP contribution in [-0.2, 0) is 14.4 Å². The molecule has 0 aliphatic carbocycles. The number of hydrogen-bond donors (Lipinski definition) is 0. The summed E-state index contributed by atoms with van der Waals surface area (Å²) < 4.78 is 39.7. The van der Waals surface area contributed by atoms with E-state index in [-0.39, 0.29) is 10.6 Å². The number of sulfone groups is 1. The van der Waals surface area contributed by atoms with E-state index in [9.17, 15) is 13.0 Å². The van der Waals surface area contributed by atoms with Gasteiger partial charge < -0.3 is 4.57 Å². The molecule has 0 saturated carbocycles. The second-order valence-corrected chi connectivity index (χ2v) is 11.7. The molecular weight excluding hydrogens is 389 g/mol. The van der Waals surface area contributed by atoms with Crippen LogP contribution in [0.4, 0.5) is 0 Å². The Bertz CT molecular complexity index is 1130. The average Bonchev–Trinajstić information content (AvgIpc) is 3.48. The summed E-state index contributed by atoms with van der Waals surface area (Å²) in [4.78, 5) is 4.65. The van der Waals surface area contributed by atoms with E-state index in [2.05, 4.69) is 4.99 Å². The molecule has 0 radical (unpaired) electrons. The third-order valence-electron chi connectivity index (χ3n) is 4.86. The molecule has 4 nitrogen and oxygen atoms in total. The number of hydrogen-bond acceptors (Lipinski definition) is 4. The lowest BCUT2D eigenvalue weighted by molar-refractivity contribution is 0.586. The molecule has 4 rings (SSSR count). The van der Waals surface area contributed by atoms with E-state index in [1.807, 2.05) is 67.6 Å². The van der Waals surface area contributed by atoms with Gasteiger partial charge in [0, 0.05) is 10.6 Å². The molecule has 1 aliphatic heterocycles. The molecule has 1 aliphatic rings. The van der Waals surface area contributed by atoms with Crippen molar-refractivity contribution in [2.75, 3.05) is 5.75 Å². The summed E-state index contributed by atoms with van der Waals surface area (Å²) >= 11 is 0. The maximum Gasteiger partial charge on any atom is 0.183 e. The van der Waals surface area contributed by atoms with Gasteiger partial charge in [0.05, 0.1) is 16.4 Å². The topological polar surface area (TPSA) is 63.6 Å². The van der Waals surface area contributed by atoms with Crippen molar-refractivity contribution in [3.63, 3.8) is 0 Å². The fraction of sp³-hybridized carbons (Fsp3) is 0.136. The van der Waals surface area contributed by atoms with Gasteiger partial charge in [0.2, 0.25) is 0 Å². The van der Waals surface area contributed by atoms with E-state index < -0.39 is 22.8 Å². The Morgan fingerprint density at radius 2 is 1.32 bits per heavy atom. The first-order valence-corrected chi connectivity index (χ1v) is 12.4. The second-order valence-electron chi connectivity index (χ2n) is 6.90. The lowest BCUT2D eigenvalue weighted by Gasteiger charge is -2.18. The molecule has 0 bridgehead atoms. The maximum atomic E-state index is 14.1. The first kappa shape index (κ1) is 18.9. The fourth-order valence-corrected chi connectivity index (χ4v) is 7.65. The van der Waals surface area contributed by atoms with Gasteiger partial charge >= 0.3 is 0 Å². The van der Waals surface area contributed by atoms with E-state index in [0.717, 1.165) is 5.56 Å². The highest BCUT2D eigenvalue weighted by Crippen LogP contribution is 2.54. The van der Waals surface area contributed by atoms with E-state index >= 15 is 0 Å². The van der Waals surface area contributed by atoms with Gasteiger partial charge in [-0.15, -0.1) is 0 Å². The summed E-state index contributed by atoms with van der Waals surface area (Å²) in [5.41, 5.74) is 1.48. The minimum atomic E-state index is -3.52. The van der Waals surface area contributed by atoms with Crippen molar-refractivity contribution in [1.82, 2.24) is 0 Å². The first-order valence-electron chi connectivity index (χ1n) is 8.98. The standard InChI is InChI=1S/C22H20NO3PS/c1-17-12-14-20(15-13-17)28(25,26)16-21-22(23-21)27(24,18-8-4-2-5-9-18)19-10-6-3-7-11-19/h2-15,22H,16H2,1H3/t22-/m1/s1. The van der Waals surface area contributed by atoms with Crippen molar-refractivity contribution in [2.45, 2.75) is 17.6 Å².